The molecule has 0 radical (unpaired) electrons. The van der Waals surface area contributed by atoms with Crippen LogP contribution in [0.25, 0.3) is 0 Å². The summed E-state index contributed by atoms with van der Waals surface area (Å²) in [7, 11) is 1.55. The van der Waals surface area contributed by atoms with Crippen molar-refractivity contribution in [3.63, 3.8) is 0 Å². The van der Waals surface area contributed by atoms with Crippen molar-refractivity contribution in [3.05, 3.63) is 18.2 Å². The van der Waals surface area contributed by atoms with Gasteiger partial charge < -0.3 is 15.8 Å². The van der Waals surface area contributed by atoms with Crippen LogP contribution < -0.4 is 15.8 Å². The lowest BCUT2D eigenvalue weighted by Gasteiger charge is -2.11. The fourth-order valence-corrected chi connectivity index (χ4v) is 1.24. The van der Waals surface area contributed by atoms with Gasteiger partial charge in [-0.3, -0.25) is 4.79 Å². The summed E-state index contributed by atoms with van der Waals surface area (Å²) in [6.07, 6.45) is 0.817. The Morgan fingerprint density at radius 3 is 2.81 bits per heavy atom. The SMILES string of the molecule is CCC(C)C(=O)Nc1ccc(N)c(OC)c1. The van der Waals surface area contributed by atoms with Crippen LogP contribution in [0.5, 0.6) is 5.75 Å². The molecule has 1 aromatic carbocycles. The fraction of sp³-hybridized carbons (Fsp3) is 0.417. The lowest BCUT2D eigenvalue weighted by Crippen LogP contribution is -2.19. The summed E-state index contributed by atoms with van der Waals surface area (Å²) in [5.41, 5.74) is 6.94. The van der Waals surface area contributed by atoms with Crippen molar-refractivity contribution in [1.29, 1.82) is 0 Å². The number of nitrogens with two attached hydrogens (primary N) is 1. The summed E-state index contributed by atoms with van der Waals surface area (Å²) in [4.78, 5) is 11.6. The highest BCUT2D eigenvalue weighted by Crippen LogP contribution is 2.25. The largest absolute Gasteiger partial charge is 0.495 e. The molecule has 3 N–H and O–H groups in total. The first kappa shape index (κ1) is 12.4. The third kappa shape index (κ3) is 2.89. The minimum Gasteiger partial charge on any atom is -0.495 e. The number of methoxy groups -OCH3 is 1. The van der Waals surface area contributed by atoms with Gasteiger partial charge in [-0.1, -0.05) is 13.8 Å². The number of carbonyl (C=O) groups is 1. The number of carbonyl (C=O) groups excluding carboxylic acids is 1. The van der Waals surface area contributed by atoms with E-state index in [-0.39, 0.29) is 11.8 Å². The van der Waals surface area contributed by atoms with Gasteiger partial charge in [-0.2, -0.15) is 0 Å². The molecule has 1 unspecified atom stereocenters. The molecular formula is C12H18N2O2. The molecule has 1 amide bonds. The Morgan fingerprint density at radius 1 is 1.56 bits per heavy atom. The fourth-order valence-electron chi connectivity index (χ4n) is 1.24. The molecule has 88 valence electrons. The Kier molecular flexibility index (Phi) is 4.17. The molecule has 4 nitrogen and oxygen atoms in total. The molecule has 1 rings (SSSR count). The van der Waals surface area contributed by atoms with Crippen molar-refractivity contribution in [1.82, 2.24) is 0 Å². The second kappa shape index (κ2) is 5.39. The molecule has 0 spiro atoms. The standard InChI is InChI=1S/C12H18N2O2/c1-4-8(2)12(15)14-9-5-6-10(13)11(7-9)16-3/h5-8H,4,13H2,1-3H3,(H,14,15). The van der Waals surface area contributed by atoms with Crippen LogP contribution >= 0.6 is 0 Å². The molecule has 0 saturated heterocycles. The number of benzene rings is 1. The molecule has 0 aromatic heterocycles. The van der Waals surface area contributed by atoms with E-state index in [1.54, 1.807) is 25.3 Å². The molecule has 0 aliphatic rings. The first-order valence-corrected chi connectivity index (χ1v) is 5.32. The molecule has 0 saturated carbocycles. The molecule has 0 heterocycles. The normalized spacial score (nSPS) is 11.9. The lowest BCUT2D eigenvalue weighted by molar-refractivity contribution is -0.119. The van der Waals surface area contributed by atoms with Crippen molar-refractivity contribution in [3.8, 4) is 5.75 Å². The average molecular weight is 222 g/mol. The first-order valence-electron chi connectivity index (χ1n) is 5.32. The Balaban J connectivity index is 2.78. The van der Waals surface area contributed by atoms with Crippen molar-refractivity contribution in [2.24, 2.45) is 5.92 Å². The van der Waals surface area contributed by atoms with E-state index < -0.39 is 0 Å². The number of ether oxygens (including phenoxy) is 1. The van der Waals surface area contributed by atoms with Gasteiger partial charge in [0.15, 0.2) is 0 Å². The number of nitrogens with one attached hydrogen (secondary N) is 1. The summed E-state index contributed by atoms with van der Waals surface area (Å²) in [5, 5.41) is 2.82. The van der Waals surface area contributed by atoms with Crippen LogP contribution in [0.4, 0.5) is 11.4 Å². The molecule has 0 fully saturated rings. The van der Waals surface area contributed by atoms with Gasteiger partial charge in [-0.25, -0.2) is 0 Å². The van der Waals surface area contributed by atoms with E-state index in [1.807, 2.05) is 13.8 Å². The van der Waals surface area contributed by atoms with Gasteiger partial charge in [0.25, 0.3) is 0 Å². The molecule has 4 heteroatoms. The topological polar surface area (TPSA) is 64.4 Å². The van der Waals surface area contributed by atoms with Gasteiger partial charge >= 0.3 is 0 Å². The van der Waals surface area contributed by atoms with E-state index in [2.05, 4.69) is 5.32 Å². The van der Waals surface area contributed by atoms with Crippen LogP contribution in [0.15, 0.2) is 18.2 Å². The van der Waals surface area contributed by atoms with E-state index in [1.165, 1.54) is 0 Å². The van der Waals surface area contributed by atoms with Crippen LogP contribution in [0.1, 0.15) is 20.3 Å². The van der Waals surface area contributed by atoms with E-state index in [0.717, 1.165) is 6.42 Å². The molecule has 1 aromatic rings. The van der Waals surface area contributed by atoms with Crippen LogP contribution in [-0.2, 0) is 4.79 Å². The summed E-state index contributed by atoms with van der Waals surface area (Å²) >= 11 is 0. The minimum absolute atomic E-state index is 0.00329. The van der Waals surface area contributed by atoms with Gasteiger partial charge in [0.2, 0.25) is 5.91 Å². The van der Waals surface area contributed by atoms with Gasteiger partial charge in [0.1, 0.15) is 5.75 Å². The Morgan fingerprint density at radius 2 is 2.25 bits per heavy atom. The zero-order valence-electron chi connectivity index (χ0n) is 9.91. The van der Waals surface area contributed by atoms with Crippen molar-refractivity contribution < 1.29 is 9.53 Å². The maximum absolute atomic E-state index is 11.6. The number of amides is 1. The number of nitrogen functional groups attached to an aromatic ring is 1. The Bertz CT molecular complexity index is 377. The number of hydrogen-bond donors (Lipinski definition) is 2. The molecule has 1 atom stereocenters. The summed E-state index contributed by atoms with van der Waals surface area (Å²) in [6.45, 7) is 3.87. The molecule has 16 heavy (non-hydrogen) atoms. The minimum atomic E-state index is 0.00329. The third-order valence-corrected chi connectivity index (χ3v) is 2.56. The zero-order chi connectivity index (χ0) is 12.1. The Labute approximate surface area is 95.8 Å². The van der Waals surface area contributed by atoms with Gasteiger partial charge in [0, 0.05) is 17.7 Å². The van der Waals surface area contributed by atoms with E-state index in [9.17, 15) is 4.79 Å². The number of hydrogen-bond acceptors (Lipinski definition) is 3. The number of rotatable bonds is 4. The second-order valence-electron chi connectivity index (χ2n) is 3.76. The molecule has 0 aliphatic carbocycles. The Hall–Kier alpha value is -1.71. The van der Waals surface area contributed by atoms with E-state index >= 15 is 0 Å². The van der Waals surface area contributed by atoms with Crippen molar-refractivity contribution >= 4 is 17.3 Å². The second-order valence-corrected chi connectivity index (χ2v) is 3.76. The van der Waals surface area contributed by atoms with Crippen LogP contribution in [0.2, 0.25) is 0 Å². The van der Waals surface area contributed by atoms with Gasteiger partial charge in [0.05, 0.1) is 12.8 Å². The molecule has 0 bridgehead atoms. The summed E-state index contributed by atoms with van der Waals surface area (Å²) in [5.74, 6) is 0.583. The average Bonchev–Trinajstić information content (AvgIpc) is 2.30. The highest BCUT2D eigenvalue weighted by molar-refractivity contribution is 5.92. The van der Waals surface area contributed by atoms with Crippen LogP contribution in [-0.4, -0.2) is 13.0 Å². The summed E-state index contributed by atoms with van der Waals surface area (Å²) in [6, 6.07) is 5.19. The van der Waals surface area contributed by atoms with Crippen molar-refractivity contribution in [2.75, 3.05) is 18.2 Å². The highest BCUT2D eigenvalue weighted by atomic mass is 16.5. The van der Waals surface area contributed by atoms with E-state index in [4.69, 9.17) is 10.5 Å². The highest BCUT2D eigenvalue weighted by Gasteiger charge is 2.11. The van der Waals surface area contributed by atoms with Crippen LogP contribution in [0.3, 0.4) is 0 Å². The van der Waals surface area contributed by atoms with Crippen LogP contribution in [0, 0.1) is 5.92 Å². The first-order chi connectivity index (χ1) is 7.58. The quantitative estimate of drug-likeness (QED) is 0.768. The zero-order valence-corrected chi connectivity index (χ0v) is 9.91. The lowest BCUT2D eigenvalue weighted by atomic mass is 10.1. The van der Waals surface area contributed by atoms with Gasteiger partial charge in [-0.05, 0) is 18.6 Å². The predicted octanol–water partition coefficient (Wildman–Crippen LogP) is 2.26. The maximum Gasteiger partial charge on any atom is 0.227 e. The predicted molar refractivity (Wildman–Crippen MR) is 65.5 cm³/mol. The molecule has 0 aliphatic heterocycles. The van der Waals surface area contributed by atoms with Crippen molar-refractivity contribution in [2.45, 2.75) is 20.3 Å². The third-order valence-electron chi connectivity index (χ3n) is 2.56. The maximum atomic E-state index is 11.6. The van der Waals surface area contributed by atoms with Gasteiger partial charge in [-0.15, -0.1) is 0 Å². The van der Waals surface area contributed by atoms with E-state index in [0.29, 0.717) is 17.1 Å². The molecular weight excluding hydrogens is 204 g/mol. The summed E-state index contributed by atoms with van der Waals surface area (Å²) < 4.78 is 5.08. The monoisotopic (exact) mass is 222 g/mol. The number of anilines is 2. The smallest absolute Gasteiger partial charge is 0.227 e.